The molecule has 2 atom stereocenters. The lowest BCUT2D eigenvalue weighted by molar-refractivity contribution is 0.105. The Hall–Kier alpha value is -0.890. The first-order valence-electron chi connectivity index (χ1n) is 6.69. The second-order valence-corrected chi connectivity index (χ2v) is 7.38. The van der Waals surface area contributed by atoms with Crippen molar-refractivity contribution in [2.75, 3.05) is 20.1 Å². The predicted molar refractivity (Wildman–Crippen MR) is 74.8 cm³/mol. The Balaban J connectivity index is 2.33. The maximum absolute atomic E-state index is 12.7. The molecule has 2 heterocycles. The van der Waals surface area contributed by atoms with Crippen molar-refractivity contribution in [3.8, 4) is 0 Å². The van der Waals surface area contributed by atoms with Gasteiger partial charge in [-0.1, -0.05) is 0 Å². The van der Waals surface area contributed by atoms with E-state index in [2.05, 4.69) is 4.90 Å². The fourth-order valence-electron chi connectivity index (χ4n) is 2.55. The van der Waals surface area contributed by atoms with E-state index in [-0.39, 0.29) is 29.3 Å². The molecule has 7 heteroatoms. The smallest absolute Gasteiger partial charge is 0.246 e. The molecule has 20 heavy (non-hydrogen) atoms. The lowest BCUT2D eigenvalue weighted by Crippen LogP contribution is -2.56. The quantitative estimate of drug-likeness (QED) is 0.894. The number of rotatable bonds is 3. The van der Waals surface area contributed by atoms with E-state index in [9.17, 15) is 8.42 Å². The van der Waals surface area contributed by atoms with Crippen LogP contribution in [0.4, 0.5) is 0 Å². The van der Waals surface area contributed by atoms with Gasteiger partial charge in [0.2, 0.25) is 10.0 Å². The number of likely N-dealkylation sites (N-methyl/N-ethyl adjacent to an activating group) is 1. The second-order valence-electron chi connectivity index (χ2n) is 5.48. The molecule has 0 radical (unpaired) electrons. The van der Waals surface area contributed by atoms with Crippen molar-refractivity contribution in [3.63, 3.8) is 0 Å². The molecule has 1 aromatic rings. The van der Waals surface area contributed by atoms with E-state index < -0.39 is 10.0 Å². The minimum atomic E-state index is -3.57. The van der Waals surface area contributed by atoms with Crippen molar-refractivity contribution in [3.05, 3.63) is 17.6 Å². The molecule has 0 spiro atoms. The Morgan fingerprint density at radius 1 is 1.35 bits per heavy atom. The van der Waals surface area contributed by atoms with Gasteiger partial charge in [-0.25, -0.2) is 8.42 Å². The highest BCUT2D eigenvalue weighted by atomic mass is 32.2. The van der Waals surface area contributed by atoms with Gasteiger partial charge in [0.15, 0.2) is 0 Å². The van der Waals surface area contributed by atoms with Crippen LogP contribution in [0.15, 0.2) is 15.4 Å². The summed E-state index contributed by atoms with van der Waals surface area (Å²) in [6.45, 7) is 6.25. The average Bonchev–Trinajstić information content (AvgIpc) is 2.77. The molecular formula is C13H22N2O4S. The molecule has 1 aliphatic heterocycles. The van der Waals surface area contributed by atoms with E-state index in [1.54, 1.807) is 6.92 Å². The van der Waals surface area contributed by atoms with Crippen molar-refractivity contribution < 1.29 is 17.9 Å². The van der Waals surface area contributed by atoms with Gasteiger partial charge >= 0.3 is 0 Å². The summed E-state index contributed by atoms with van der Waals surface area (Å²) in [6.07, 6.45) is 0. The molecule has 2 rings (SSSR count). The van der Waals surface area contributed by atoms with Crippen LogP contribution in [0.1, 0.15) is 25.4 Å². The van der Waals surface area contributed by atoms with Crippen molar-refractivity contribution in [2.45, 2.75) is 44.4 Å². The summed E-state index contributed by atoms with van der Waals surface area (Å²) >= 11 is 0. The molecule has 0 bridgehead atoms. The third-order valence-electron chi connectivity index (χ3n) is 4.02. The lowest BCUT2D eigenvalue weighted by Gasteiger charge is -2.41. The zero-order chi connectivity index (χ0) is 15.1. The molecule has 1 aliphatic rings. The number of piperazine rings is 1. The molecule has 0 aliphatic carbocycles. The molecule has 2 unspecified atom stereocenters. The number of nitrogens with zero attached hydrogens (tertiary/aromatic N) is 2. The third kappa shape index (κ3) is 2.63. The second kappa shape index (κ2) is 5.48. The number of aliphatic hydroxyl groups is 1. The normalized spacial score (nSPS) is 26.1. The maximum atomic E-state index is 12.7. The van der Waals surface area contributed by atoms with Crippen LogP contribution in [-0.2, 0) is 16.6 Å². The van der Waals surface area contributed by atoms with Crippen molar-refractivity contribution in [1.29, 1.82) is 0 Å². The van der Waals surface area contributed by atoms with Gasteiger partial charge < -0.3 is 9.52 Å². The molecule has 0 saturated carbocycles. The van der Waals surface area contributed by atoms with Crippen LogP contribution in [-0.4, -0.2) is 55.0 Å². The zero-order valence-electron chi connectivity index (χ0n) is 12.3. The molecule has 1 fully saturated rings. The highest BCUT2D eigenvalue weighted by Crippen LogP contribution is 2.26. The van der Waals surface area contributed by atoms with Gasteiger partial charge in [0, 0.05) is 31.2 Å². The molecule has 114 valence electrons. The van der Waals surface area contributed by atoms with Crippen LogP contribution >= 0.6 is 0 Å². The van der Waals surface area contributed by atoms with Gasteiger partial charge in [-0.2, -0.15) is 4.31 Å². The predicted octanol–water partition coefficient (Wildman–Crippen LogP) is 0.793. The van der Waals surface area contributed by atoms with Crippen LogP contribution in [0.3, 0.4) is 0 Å². The Morgan fingerprint density at radius 3 is 2.35 bits per heavy atom. The average molecular weight is 302 g/mol. The summed E-state index contributed by atoms with van der Waals surface area (Å²) < 4.78 is 32.2. The van der Waals surface area contributed by atoms with E-state index in [1.165, 1.54) is 10.4 Å². The zero-order valence-corrected chi connectivity index (χ0v) is 13.1. The van der Waals surface area contributed by atoms with Crippen LogP contribution < -0.4 is 0 Å². The Kier molecular flexibility index (Phi) is 4.24. The summed E-state index contributed by atoms with van der Waals surface area (Å²) in [4.78, 5) is 2.33. The fraction of sp³-hybridized carbons (Fsp3) is 0.692. The standard InChI is InChI=1S/C13H22N2O4S/c1-9-6-15(7-10(2)14(9)4)20(17,18)13-5-12(8-16)19-11(13)3/h5,9-10,16H,6-8H2,1-4H3. The van der Waals surface area contributed by atoms with Crippen LogP contribution in [0, 0.1) is 6.92 Å². The van der Waals surface area contributed by atoms with E-state index >= 15 is 0 Å². The van der Waals surface area contributed by atoms with Crippen molar-refractivity contribution >= 4 is 10.0 Å². The van der Waals surface area contributed by atoms with Crippen molar-refractivity contribution in [1.82, 2.24) is 9.21 Å². The van der Waals surface area contributed by atoms with Crippen molar-refractivity contribution in [2.24, 2.45) is 0 Å². The largest absolute Gasteiger partial charge is 0.462 e. The monoisotopic (exact) mass is 302 g/mol. The first-order valence-corrected chi connectivity index (χ1v) is 8.13. The minimum absolute atomic E-state index is 0.158. The molecule has 1 saturated heterocycles. The summed E-state index contributed by atoms with van der Waals surface area (Å²) in [7, 11) is -1.56. The van der Waals surface area contributed by atoms with Crippen LogP contribution in [0.2, 0.25) is 0 Å². The molecular weight excluding hydrogens is 280 g/mol. The van der Waals surface area contributed by atoms with Crippen LogP contribution in [0.5, 0.6) is 0 Å². The number of aryl methyl sites for hydroxylation is 1. The molecule has 0 aromatic carbocycles. The van der Waals surface area contributed by atoms with E-state index in [1.807, 2.05) is 20.9 Å². The van der Waals surface area contributed by atoms with E-state index in [0.717, 1.165) is 0 Å². The summed E-state index contributed by atoms with van der Waals surface area (Å²) in [5.74, 6) is 0.601. The summed E-state index contributed by atoms with van der Waals surface area (Å²) in [5.41, 5.74) is 0. The van der Waals surface area contributed by atoms with Gasteiger partial charge in [0.05, 0.1) is 0 Å². The van der Waals surface area contributed by atoms with Gasteiger partial charge in [0.25, 0.3) is 0 Å². The number of hydrogen-bond donors (Lipinski definition) is 1. The van der Waals surface area contributed by atoms with Gasteiger partial charge in [-0.05, 0) is 27.8 Å². The minimum Gasteiger partial charge on any atom is -0.462 e. The van der Waals surface area contributed by atoms with Gasteiger partial charge in [-0.15, -0.1) is 0 Å². The Labute approximate surface area is 120 Å². The molecule has 6 nitrogen and oxygen atoms in total. The Morgan fingerprint density at radius 2 is 1.90 bits per heavy atom. The highest BCUT2D eigenvalue weighted by Gasteiger charge is 2.36. The first-order chi connectivity index (χ1) is 9.27. The molecule has 1 N–H and O–H groups in total. The topological polar surface area (TPSA) is 74.0 Å². The van der Waals surface area contributed by atoms with Crippen LogP contribution in [0.25, 0.3) is 0 Å². The first kappa shape index (κ1) is 15.5. The SMILES string of the molecule is Cc1oc(CO)cc1S(=O)(=O)N1CC(C)N(C)C(C)C1. The Bertz CT molecular complexity index is 569. The third-order valence-corrected chi connectivity index (χ3v) is 5.96. The molecule has 0 amide bonds. The number of hydrogen-bond acceptors (Lipinski definition) is 5. The van der Waals surface area contributed by atoms with Gasteiger partial charge in [0.1, 0.15) is 23.0 Å². The summed E-state index contributed by atoms with van der Waals surface area (Å²) in [5, 5.41) is 9.06. The summed E-state index contributed by atoms with van der Waals surface area (Å²) in [6, 6.07) is 1.74. The number of furan rings is 1. The van der Waals surface area contributed by atoms with Gasteiger partial charge in [-0.3, -0.25) is 4.90 Å². The highest BCUT2D eigenvalue weighted by molar-refractivity contribution is 7.89. The molecule has 1 aromatic heterocycles. The number of sulfonamides is 1. The lowest BCUT2D eigenvalue weighted by atomic mass is 10.1. The number of aliphatic hydroxyl groups excluding tert-OH is 1. The fourth-order valence-corrected chi connectivity index (χ4v) is 4.34. The van der Waals surface area contributed by atoms with E-state index in [0.29, 0.717) is 18.8 Å². The maximum Gasteiger partial charge on any atom is 0.246 e. The van der Waals surface area contributed by atoms with E-state index in [4.69, 9.17) is 9.52 Å².